The summed E-state index contributed by atoms with van der Waals surface area (Å²) in [4.78, 5) is 30.1. The number of pyridine rings is 1. The summed E-state index contributed by atoms with van der Waals surface area (Å²) < 4.78 is 0.869. The average Bonchev–Trinajstić information content (AvgIpc) is 3.02. The van der Waals surface area contributed by atoms with Crippen molar-refractivity contribution in [3.63, 3.8) is 0 Å². The van der Waals surface area contributed by atoms with Gasteiger partial charge in [-0.1, -0.05) is 15.9 Å². The quantitative estimate of drug-likeness (QED) is 0.873. The number of halogens is 1. The number of carbonyl (C=O) groups is 2. The van der Waals surface area contributed by atoms with Crippen LogP contribution in [-0.2, 0) is 22.4 Å². The number of hydrogen-bond donors (Lipinski definition) is 1. The van der Waals surface area contributed by atoms with E-state index in [-0.39, 0.29) is 18.2 Å². The first-order valence-corrected chi connectivity index (χ1v) is 8.64. The van der Waals surface area contributed by atoms with Crippen molar-refractivity contribution >= 4 is 39.1 Å². The number of hydrogen-bond acceptors (Lipinski definition) is 4. The summed E-state index contributed by atoms with van der Waals surface area (Å²) in [6, 6.07) is 7.61. The number of fused-ring (bicyclic) bond motifs is 1. The summed E-state index contributed by atoms with van der Waals surface area (Å²) in [7, 11) is 0. The molecule has 24 heavy (non-hydrogen) atoms. The molecule has 2 aromatic rings. The monoisotopic (exact) mass is 387 g/mol. The Morgan fingerprint density at radius 2 is 2.04 bits per heavy atom. The van der Waals surface area contributed by atoms with Crippen molar-refractivity contribution in [3.05, 3.63) is 52.3 Å². The van der Waals surface area contributed by atoms with Gasteiger partial charge in [-0.05, 0) is 48.2 Å². The van der Waals surface area contributed by atoms with Gasteiger partial charge in [0.15, 0.2) is 0 Å². The molecule has 0 radical (unpaired) electrons. The van der Waals surface area contributed by atoms with Crippen LogP contribution >= 0.6 is 15.9 Å². The van der Waals surface area contributed by atoms with Crippen molar-refractivity contribution in [1.82, 2.24) is 4.98 Å². The number of nitrogens with zero attached hydrogens (tertiary/aromatic N) is 2. The summed E-state index contributed by atoms with van der Waals surface area (Å²) in [5.41, 5.74) is 3.65. The molecule has 0 bridgehead atoms. The van der Waals surface area contributed by atoms with Gasteiger partial charge in [0.25, 0.3) is 0 Å². The molecule has 3 rings (SSSR count). The molecule has 1 aromatic carbocycles. The van der Waals surface area contributed by atoms with Gasteiger partial charge in [0.05, 0.1) is 11.4 Å². The topological polar surface area (TPSA) is 62.3 Å². The maximum atomic E-state index is 12.7. The van der Waals surface area contributed by atoms with E-state index in [2.05, 4.69) is 26.2 Å². The van der Waals surface area contributed by atoms with E-state index in [4.69, 9.17) is 0 Å². The third-order valence-corrected chi connectivity index (χ3v) is 4.50. The summed E-state index contributed by atoms with van der Waals surface area (Å²) in [5.74, 6) is -0.475. The minimum absolute atomic E-state index is 0.201. The van der Waals surface area contributed by atoms with Crippen molar-refractivity contribution in [2.75, 3.05) is 16.8 Å². The van der Waals surface area contributed by atoms with Crippen molar-refractivity contribution in [1.29, 1.82) is 0 Å². The Labute approximate surface area is 149 Å². The van der Waals surface area contributed by atoms with Crippen LogP contribution in [-0.4, -0.2) is 23.3 Å². The fourth-order valence-electron chi connectivity index (χ4n) is 2.94. The summed E-state index contributed by atoms with van der Waals surface area (Å²) in [5, 5.41) is 3.28. The highest BCUT2D eigenvalue weighted by Gasteiger charge is 2.26. The highest BCUT2D eigenvalue weighted by atomic mass is 79.9. The van der Waals surface area contributed by atoms with Gasteiger partial charge in [-0.2, -0.15) is 0 Å². The molecule has 1 aliphatic heterocycles. The van der Waals surface area contributed by atoms with Crippen molar-refractivity contribution < 1.29 is 9.59 Å². The van der Waals surface area contributed by atoms with Crippen molar-refractivity contribution in [2.24, 2.45) is 0 Å². The third-order valence-electron chi connectivity index (χ3n) is 4.04. The first kappa shape index (κ1) is 16.6. The summed E-state index contributed by atoms with van der Waals surface area (Å²) in [6.45, 7) is 2.24. The Balaban J connectivity index is 1.85. The SMILES string of the molecule is CC(=O)N(C(=O)CCc1ccncc1)c1cc(Br)cc2c1NCC2. The Morgan fingerprint density at radius 1 is 1.29 bits per heavy atom. The molecule has 0 unspecified atom stereocenters. The van der Waals surface area contributed by atoms with E-state index in [0.29, 0.717) is 12.1 Å². The second-order valence-corrected chi connectivity index (χ2v) is 6.66. The van der Waals surface area contributed by atoms with Crippen LogP contribution in [0.2, 0.25) is 0 Å². The lowest BCUT2D eigenvalue weighted by molar-refractivity contribution is -0.125. The van der Waals surface area contributed by atoms with E-state index in [1.807, 2.05) is 24.3 Å². The molecule has 0 atom stereocenters. The molecule has 1 N–H and O–H groups in total. The Hall–Kier alpha value is -2.21. The van der Waals surface area contributed by atoms with Crippen LogP contribution in [0.15, 0.2) is 41.1 Å². The number of carbonyl (C=O) groups excluding carboxylic acids is 2. The highest BCUT2D eigenvalue weighted by Crippen LogP contribution is 2.37. The van der Waals surface area contributed by atoms with Crippen LogP contribution in [0, 0.1) is 0 Å². The number of amides is 2. The normalized spacial score (nSPS) is 12.4. The van der Waals surface area contributed by atoms with Gasteiger partial charge < -0.3 is 5.32 Å². The summed E-state index contributed by atoms with van der Waals surface area (Å²) >= 11 is 3.47. The predicted octanol–water partition coefficient (Wildman–Crippen LogP) is 3.32. The second-order valence-electron chi connectivity index (χ2n) is 5.74. The largest absolute Gasteiger partial charge is 0.383 e. The fourth-order valence-corrected chi connectivity index (χ4v) is 3.43. The molecule has 1 aromatic heterocycles. The zero-order valence-corrected chi connectivity index (χ0v) is 15.0. The van der Waals surface area contributed by atoms with Crippen molar-refractivity contribution in [2.45, 2.75) is 26.2 Å². The zero-order chi connectivity index (χ0) is 17.1. The van der Waals surface area contributed by atoms with Crippen LogP contribution in [0.4, 0.5) is 11.4 Å². The molecule has 0 fully saturated rings. The molecule has 5 nitrogen and oxygen atoms in total. The minimum Gasteiger partial charge on any atom is -0.383 e. The molecule has 124 valence electrons. The molecule has 2 heterocycles. The summed E-state index contributed by atoms with van der Waals surface area (Å²) in [6.07, 6.45) is 5.14. The van der Waals surface area contributed by atoms with E-state index in [0.717, 1.165) is 34.3 Å². The molecule has 0 saturated heterocycles. The zero-order valence-electron chi connectivity index (χ0n) is 13.4. The average molecular weight is 388 g/mol. The number of rotatable bonds is 4. The predicted molar refractivity (Wildman–Crippen MR) is 97.1 cm³/mol. The third kappa shape index (κ3) is 3.48. The molecule has 0 saturated carbocycles. The first-order chi connectivity index (χ1) is 11.6. The van der Waals surface area contributed by atoms with E-state index < -0.39 is 0 Å². The van der Waals surface area contributed by atoms with Crippen LogP contribution in [0.1, 0.15) is 24.5 Å². The van der Waals surface area contributed by atoms with E-state index >= 15 is 0 Å². The lowest BCUT2D eigenvalue weighted by Gasteiger charge is -2.22. The van der Waals surface area contributed by atoms with E-state index in [1.54, 1.807) is 12.4 Å². The van der Waals surface area contributed by atoms with Gasteiger partial charge in [0.1, 0.15) is 0 Å². The van der Waals surface area contributed by atoms with Crippen LogP contribution in [0.3, 0.4) is 0 Å². The molecular formula is C18H18BrN3O2. The smallest absolute Gasteiger partial charge is 0.234 e. The lowest BCUT2D eigenvalue weighted by Crippen LogP contribution is -2.35. The van der Waals surface area contributed by atoms with Gasteiger partial charge in [0, 0.05) is 36.8 Å². The van der Waals surface area contributed by atoms with Gasteiger partial charge in [-0.15, -0.1) is 0 Å². The molecule has 0 aliphatic carbocycles. The van der Waals surface area contributed by atoms with Gasteiger partial charge in [-0.3, -0.25) is 14.6 Å². The molecule has 2 amide bonds. The van der Waals surface area contributed by atoms with Crippen molar-refractivity contribution in [3.8, 4) is 0 Å². The molecule has 6 heteroatoms. The second kappa shape index (κ2) is 7.13. The van der Waals surface area contributed by atoms with E-state index in [1.165, 1.54) is 11.8 Å². The molecular weight excluding hydrogens is 370 g/mol. The van der Waals surface area contributed by atoms with Gasteiger partial charge in [0.2, 0.25) is 11.8 Å². The first-order valence-electron chi connectivity index (χ1n) is 7.85. The maximum Gasteiger partial charge on any atom is 0.234 e. The van der Waals surface area contributed by atoms with Gasteiger partial charge in [-0.25, -0.2) is 4.90 Å². The Morgan fingerprint density at radius 3 is 2.75 bits per heavy atom. The maximum absolute atomic E-state index is 12.7. The fraction of sp³-hybridized carbons (Fsp3) is 0.278. The highest BCUT2D eigenvalue weighted by molar-refractivity contribution is 9.10. The Bertz CT molecular complexity index is 777. The van der Waals surface area contributed by atoms with Crippen LogP contribution < -0.4 is 10.2 Å². The molecule has 0 spiro atoms. The molecule has 1 aliphatic rings. The van der Waals surface area contributed by atoms with Crippen LogP contribution in [0.5, 0.6) is 0 Å². The van der Waals surface area contributed by atoms with Crippen LogP contribution in [0.25, 0.3) is 0 Å². The van der Waals surface area contributed by atoms with E-state index in [9.17, 15) is 9.59 Å². The lowest BCUT2D eigenvalue weighted by atomic mass is 10.1. The number of anilines is 2. The number of aryl methyl sites for hydroxylation is 1. The van der Waals surface area contributed by atoms with Gasteiger partial charge >= 0.3 is 0 Å². The number of nitrogens with one attached hydrogen (secondary N) is 1. The number of aromatic nitrogens is 1. The number of benzene rings is 1. The number of imide groups is 1. The minimum atomic E-state index is -0.274. The Kier molecular flexibility index (Phi) is 4.94. The standard InChI is InChI=1S/C18H18BrN3O2/c1-12(23)22(17(24)3-2-13-4-7-20-8-5-13)16-11-15(19)10-14-6-9-21-18(14)16/h4-5,7-8,10-11,21H,2-3,6,9H2,1H3.